The zero-order chi connectivity index (χ0) is 11.7. The first-order valence-electron chi connectivity index (χ1n) is 5.63. The van der Waals surface area contributed by atoms with E-state index in [1.807, 2.05) is 0 Å². The quantitative estimate of drug-likeness (QED) is 0.730. The van der Waals surface area contributed by atoms with Crippen molar-refractivity contribution in [2.75, 3.05) is 18.0 Å². The van der Waals surface area contributed by atoms with E-state index in [1.54, 1.807) is 0 Å². The molecule has 2 atom stereocenters. The molecule has 0 aliphatic carbocycles. The standard InChI is InChI=1S/C11H17N3O2/c1-7-3-8(2)6-14(5-7)9-4-10(15)13-11(16)12-9/h4,7-8H,3,5-6H2,1-2H3,(H2,12,13,15,16)/t7-,8+. The molecular formula is C11H17N3O2. The molecular weight excluding hydrogens is 206 g/mol. The Hall–Kier alpha value is -1.52. The van der Waals surface area contributed by atoms with Gasteiger partial charge in [0.05, 0.1) is 0 Å². The first-order valence-corrected chi connectivity index (χ1v) is 5.63. The van der Waals surface area contributed by atoms with Crippen molar-refractivity contribution in [3.05, 3.63) is 26.9 Å². The average Bonchev–Trinajstić information content (AvgIpc) is 2.14. The number of hydrogen-bond donors (Lipinski definition) is 2. The minimum Gasteiger partial charge on any atom is -0.357 e. The zero-order valence-electron chi connectivity index (χ0n) is 9.62. The molecule has 1 aliphatic rings. The summed E-state index contributed by atoms with van der Waals surface area (Å²) in [5, 5.41) is 0. The monoisotopic (exact) mass is 223 g/mol. The van der Waals surface area contributed by atoms with E-state index in [0.717, 1.165) is 13.1 Å². The molecule has 88 valence electrons. The molecule has 0 bridgehead atoms. The Balaban J connectivity index is 2.29. The Morgan fingerprint density at radius 2 is 1.81 bits per heavy atom. The van der Waals surface area contributed by atoms with Gasteiger partial charge in [-0.15, -0.1) is 0 Å². The van der Waals surface area contributed by atoms with Crippen LogP contribution in [-0.2, 0) is 0 Å². The largest absolute Gasteiger partial charge is 0.357 e. The highest BCUT2D eigenvalue weighted by molar-refractivity contribution is 5.37. The van der Waals surface area contributed by atoms with Crippen molar-refractivity contribution in [3.63, 3.8) is 0 Å². The Labute approximate surface area is 93.5 Å². The van der Waals surface area contributed by atoms with Crippen molar-refractivity contribution in [1.82, 2.24) is 9.97 Å². The molecule has 5 heteroatoms. The van der Waals surface area contributed by atoms with E-state index in [1.165, 1.54) is 12.5 Å². The maximum atomic E-state index is 11.2. The Kier molecular flexibility index (Phi) is 2.85. The van der Waals surface area contributed by atoms with Gasteiger partial charge in [-0.3, -0.25) is 14.8 Å². The summed E-state index contributed by atoms with van der Waals surface area (Å²) in [7, 11) is 0. The number of piperidine rings is 1. The lowest BCUT2D eigenvalue weighted by molar-refractivity contribution is 0.355. The van der Waals surface area contributed by atoms with E-state index < -0.39 is 5.69 Å². The smallest absolute Gasteiger partial charge is 0.327 e. The zero-order valence-corrected chi connectivity index (χ0v) is 9.62. The van der Waals surface area contributed by atoms with Crippen LogP contribution >= 0.6 is 0 Å². The summed E-state index contributed by atoms with van der Waals surface area (Å²) in [6.07, 6.45) is 1.20. The Bertz CT molecular complexity index is 438. The van der Waals surface area contributed by atoms with E-state index >= 15 is 0 Å². The molecule has 2 N–H and O–H groups in total. The van der Waals surface area contributed by atoms with Gasteiger partial charge in [0.25, 0.3) is 5.56 Å². The normalized spacial score (nSPS) is 25.8. The Morgan fingerprint density at radius 1 is 1.19 bits per heavy atom. The molecule has 0 aromatic carbocycles. The van der Waals surface area contributed by atoms with Gasteiger partial charge in [0.15, 0.2) is 0 Å². The molecule has 0 amide bonds. The molecule has 0 radical (unpaired) electrons. The summed E-state index contributed by atoms with van der Waals surface area (Å²) in [5.41, 5.74) is -0.780. The molecule has 0 saturated carbocycles. The van der Waals surface area contributed by atoms with Crippen LogP contribution in [0.3, 0.4) is 0 Å². The van der Waals surface area contributed by atoms with E-state index in [0.29, 0.717) is 17.7 Å². The third-order valence-corrected chi connectivity index (χ3v) is 2.96. The second-order valence-corrected chi connectivity index (χ2v) is 4.82. The van der Waals surface area contributed by atoms with Gasteiger partial charge in [-0.2, -0.15) is 0 Å². The van der Waals surface area contributed by atoms with E-state index in [-0.39, 0.29) is 5.56 Å². The third-order valence-electron chi connectivity index (χ3n) is 2.96. The second kappa shape index (κ2) is 4.15. The first-order chi connectivity index (χ1) is 7.54. The van der Waals surface area contributed by atoms with Gasteiger partial charge >= 0.3 is 5.69 Å². The summed E-state index contributed by atoms with van der Waals surface area (Å²) in [4.78, 5) is 29.3. The number of nitrogens with zero attached hydrogens (tertiary/aromatic N) is 1. The molecule has 1 fully saturated rings. The van der Waals surface area contributed by atoms with Crippen LogP contribution in [-0.4, -0.2) is 23.1 Å². The second-order valence-electron chi connectivity index (χ2n) is 4.82. The van der Waals surface area contributed by atoms with Crippen molar-refractivity contribution < 1.29 is 0 Å². The van der Waals surface area contributed by atoms with E-state index in [9.17, 15) is 9.59 Å². The summed E-state index contributed by atoms with van der Waals surface area (Å²) in [6.45, 7) is 6.16. The molecule has 1 saturated heterocycles. The summed E-state index contributed by atoms with van der Waals surface area (Å²) >= 11 is 0. The maximum absolute atomic E-state index is 11.2. The average molecular weight is 223 g/mol. The molecule has 0 spiro atoms. The van der Waals surface area contributed by atoms with Gasteiger partial charge in [0.1, 0.15) is 5.82 Å². The van der Waals surface area contributed by atoms with Crippen molar-refractivity contribution in [2.45, 2.75) is 20.3 Å². The molecule has 1 aromatic heterocycles. The number of nitrogens with one attached hydrogen (secondary N) is 2. The predicted octanol–water partition coefficient (Wildman–Crippen LogP) is 0.545. The fourth-order valence-electron chi connectivity index (χ4n) is 2.49. The van der Waals surface area contributed by atoms with Crippen LogP contribution in [0.2, 0.25) is 0 Å². The minimum atomic E-state index is -0.437. The Morgan fingerprint density at radius 3 is 2.38 bits per heavy atom. The van der Waals surface area contributed by atoms with Crippen molar-refractivity contribution in [3.8, 4) is 0 Å². The lowest BCUT2D eigenvalue weighted by Gasteiger charge is -2.35. The highest BCUT2D eigenvalue weighted by atomic mass is 16.2. The lowest BCUT2D eigenvalue weighted by Crippen LogP contribution is -2.40. The van der Waals surface area contributed by atoms with Crippen LogP contribution in [0.4, 0.5) is 5.82 Å². The highest BCUT2D eigenvalue weighted by Gasteiger charge is 2.22. The molecule has 5 nitrogen and oxygen atoms in total. The van der Waals surface area contributed by atoms with E-state index in [4.69, 9.17) is 0 Å². The molecule has 0 unspecified atom stereocenters. The van der Waals surface area contributed by atoms with Crippen molar-refractivity contribution in [1.29, 1.82) is 0 Å². The van der Waals surface area contributed by atoms with Gasteiger partial charge in [-0.25, -0.2) is 4.79 Å². The number of anilines is 1. The highest BCUT2D eigenvalue weighted by Crippen LogP contribution is 2.23. The van der Waals surface area contributed by atoms with Crippen LogP contribution in [0, 0.1) is 11.8 Å². The van der Waals surface area contributed by atoms with Gasteiger partial charge in [0, 0.05) is 19.2 Å². The topological polar surface area (TPSA) is 69.0 Å². The van der Waals surface area contributed by atoms with Gasteiger partial charge in [0.2, 0.25) is 0 Å². The number of aromatic amines is 2. The maximum Gasteiger partial charge on any atom is 0.327 e. The molecule has 1 aliphatic heterocycles. The van der Waals surface area contributed by atoms with Crippen LogP contribution in [0.25, 0.3) is 0 Å². The van der Waals surface area contributed by atoms with Crippen LogP contribution < -0.4 is 16.1 Å². The molecule has 2 heterocycles. The van der Waals surface area contributed by atoms with E-state index in [2.05, 4.69) is 28.7 Å². The number of aromatic nitrogens is 2. The minimum absolute atomic E-state index is 0.343. The summed E-state index contributed by atoms with van der Waals surface area (Å²) < 4.78 is 0. The van der Waals surface area contributed by atoms with Gasteiger partial charge in [-0.1, -0.05) is 13.8 Å². The van der Waals surface area contributed by atoms with Crippen molar-refractivity contribution >= 4 is 5.82 Å². The van der Waals surface area contributed by atoms with Crippen LogP contribution in [0.5, 0.6) is 0 Å². The number of rotatable bonds is 1. The molecule has 1 aromatic rings. The third kappa shape index (κ3) is 2.35. The fourth-order valence-corrected chi connectivity index (χ4v) is 2.49. The number of H-pyrrole nitrogens is 2. The van der Waals surface area contributed by atoms with Crippen LogP contribution in [0.15, 0.2) is 15.7 Å². The number of hydrogen-bond acceptors (Lipinski definition) is 3. The molecule has 2 rings (SSSR count). The summed E-state index contributed by atoms with van der Waals surface area (Å²) in [5.74, 6) is 1.81. The lowest BCUT2D eigenvalue weighted by atomic mass is 9.92. The van der Waals surface area contributed by atoms with Gasteiger partial charge in [-0.05, 0) is 18.3 Å². The fraction of sp³-hybridized carbons (Fsp3) is 0.636. The van der Waals surface area contributed by atoms with Crippen LogP contribution in [0.1, 0.15) is 20.3 Å². The predicted molar refractivity (Wildman–Crippen MR) is 62.8 cm³/mol. The van der Waals surface area contributed by atoms with Crippen molar-refractivity contribution in [2.24, 2.45) is 11.8 Å². The summed E-state index contributed by atoms with van der Waals surface area (Å²) in [6, 6.07) is 1.45. The molecule has 16 heavy (non-hydrogen) atoms. The SMILES string of the molecule is C[C@@H]1C[C@H](C)CN(c2cc(=O)[nH]c(=O)[nH]2)C1. The van der Waals surface area contributed by atoms with Gasteiger partial charge < -0.3 is 4.90 Å². The first kappa shape index (κ1) is 11.0.